The molecule has 0 fully saturated rings. The van der Waals surface area contributed by atoms with Crippen molar-refractivity contribution in [3.05, 3.63) is 24.1 Å². The zero-order valence-electron chi connectivity index (χ0n) is 7.35. The second-order valence-corrected chi connectivity index (χ2v) is 2.76. The van der Waals surface area contributed by atoms with Gasteiger partial charge in [0.1, 0.15) is 5.82 Å². The molecule has 1 rings (SSSR count). The lowest BCUT2D eigenvalue weighted by molar-refractivity contribution is -0.117. The maximum Gasteiger partial charge on any atom is 0.324 e. The zero-order valence-corrected chi connectivity index (χ0v) is 7.35. The first-order chi connectivity index (χ1) is 6.92. The number of nitrogens with zero attached hydrogens (tertiary/aromatic N) is 1. The van der Waals surface area contributed by atoms with Crippen LogP contribution in [0.25, 0.3) is 0 Å². The number of pyridine rings is 1. The third kappa shape index (κ3) is 3.34. The van der Waals surface area contributed by atoms with Gasteiger partial charge in [0.2, 0.25) is 5.95 Å². The average molecular weight is 226 g/mol. The highest BCUT2D eigenvalue weighted by Gasteiger charge is 2.40. The summed E-state index contributed by atoms with van der Waals surface area (Å²) in [5.41, 5.74) is 0. The van der Waals surface area contributed by atoms with Gasteiger partial charge in [-0.3, -0.25) is 0 Å². The molecular formula is C8H7F5N2. The first kappa shape index (κ1) is 11.7. The van der Waals surface area contributed by atoms with Crippen LogP contribution in [0.5, 0.6) is 0 Å². The Morgan fingerprint density at radius 1 is 1.33 bits per heavy atom. The van der Waals surface area contributed by atoms with Gasteiger partial charge in [-0.05, 0) is 12.1 Å². The lowest BCUT2D eigenvalue weighted by Gasteiger charge is -2.15. The molecule has 15 heavy (non-hydrogen) atoms. The predicted molar refractivity (Wildman–Crippen MR) is 43.6 cm³/mol. The Hall–Kier alpha value is -1.40. The van der Waals surface area contributed by atoms with Crippen molar-refractivity contribution in [3.8, 4) is 0 Å². The van der Waals surface area contributed by atoms with Crippen LogP contribution in [0.1, 0.15) is 0 Å². The molecule has 0 radical (unpaired) electrons. The van der Waals surface area contributed by atoms with Gasteiger partial charge in [0.25, 0.3) is 0 Å². The number of rotatable bonds is 4. The van der Waals surface area contributed by atoms with Gasteiger partial charge >= 0.3 is 12.3 Å². The normalized spacial score (nSPS) is 11.9. The molecule has 0 aliphatic rings. The first-order valence-electron chi connectivity index (χ1n) is 3.94. The molecule has 7 heteroatoms. The fourth-order valence-corrected chi connectivity index (χ4v) is 0.792. The van der Waals surface area contributed by atoms with Gasteiger partial charge < -0.3 is 5.32 Å². The number of aromatic nitrogens is 1. The van der Waals surface area contributed by atoms with Crippen LogP contribution in [0.15, 0.2) is 18.2 Å². The van der Waals surface area contributed by atoms with Crippen LogP contribution >= 0.6 is 0 Å². The largest absolute Gasteiger partial charge is 0.364 e. The summed E-state index contributed by atoms with van der Waals surface area (Å²) in [6.07, 6.45) is -3.77. The molecule has 0 bridgehead atoms. The van der Waals surface area contributed by atoms with Crippen molar-refractivity contribution in [1.82, 2.24) is 4.98 Å². The summed E-state index contributed by atoms with van der Waals surface area (Å²) in [6.45, 7) is -1.29. The summed E-state index contributed by atoms with van der Waals surface area (Å²) in [6, 6.07) is 3.44. The van der Waals surface area contributed by atoms with Crippen LogP contribution in [0.4, 0.5) is 27.8 Å². The van der Waals surface area contributed by atoms with Gasteiger partial charge in [-0.15, -0.1) is 0 Å². The monoisotopic (exact) mass is 226 g/mol. The fraction of sp³-hybridized carbons (Fsp3) is 0.375. The Balaban J connectivity index is 2.57. The Labute approximate surface area is 82.1 Å². The standard InChI is InChI=1S/C8H7F5N2/c9-5-2-1-3-6(15-5)14-4-8(12,13)7(10)11/h1-3,7H,4H2,(H,14,15). The molecule has 0 aromatic carbocycles. The van der Waals surface area contributed by atoms with Crippen molar-refractivity contribution >= 4 is 5.82 Å². The van der Waals surface area contributed by atoms with Crippen LogP contribution in [0, 0.1) is 5.95 Å². The molecular weight excluding hydrogens is 219 g/mol. The van der Waals surface area contributed by atoms with Crippen molar-refractivity contribution in [2.45, 2.75) is 12.3 Å². The Kier molecular flexibility index (Phi) is 3.43. The fourth-order valence-electron chi connectivity index (χ4n) is 0.792. The number of halogens is 5. The lowest BCUT2D eigenvalue weighted by Crippen LogP contribution is -2.35. The second kappa shape index (κ2) is 4.41. The summed E-state index contributed by atoms with van der Waals surface area (Å²) in [5.74, 6) is -5.25. The van der Waals surface area contributed by atoms with E-state index in [0.717, 1.165) is 6.07 Å². The summed E-state index contributed by atoms with van der Waals surface area (Å²) < 4.78 is 60.7. The van der Waals surface area contributed by atoms with E-state index in [1.807, 2.05) is 5.32 Å². The summed E-state index contributed by atoms with van der Waals surface area (Å²) in [7, 11) is 0. The molecule has 0 saturated heterocycles. The van der Waals surface area contributed by atoms with E-state index >= 15 is 0 Å². The van der Waals surface area contributed by atoms with Gasteiger partial charge in [0.15, 0.2) is 0 Å². The molecule has 1 aromatic heterocycles. The van der Waals surface area contributed by atoms with Crippen LogP contribution < -0.4 is 5.32 Å². The summed E-state index contributed by atoms with van der Waals surface area (Å²) in [5, 5.41) is 1.93. The highest BCUT2D eigenvalue weighted by molar-refractivity contribution is 5.33. The maximum absolute atomic E-state index is 12.5. The van der Waals surface area contributed by atoms with Gasteiger partial charge in [-0.1, -0.05) is 6.07 Å². The molecule has 2 nitrogen and oxygen atoms in total. The third-order valence-electron chi connectivity index (χ3n) is 1.54. The first-order valence-corrected chi connectivity index (χ1v) is 3.94. The van der Waals surface area contributed by atoms with Crippen LogP contribution in [0.2, 0.25) is 0 Å². The zero-order chi connectivity index (χ0) is 11.5. The van der Waals surface area contributed by atoms with Gasteiger partial charge in [-0.2, -0.15) is 13.2 Å². The van der Waals surface area contributed by atoms with E-state index < -0.39 is 24.8 Å². The van der Waals surface area contributed by atoms with E-state index in [9.17, 15) is 22.0 Å². The van der Waals surface area contributed by atoms with E-state index in [4.69, 9.17) is 0 Å². The number of hydrogen-bond acceptors (Lipinski definition) is 2. The molecule has 0 aliphatic carbocycles. The Morgan fingerprint density at radius 2 is 2.00 bits per heavy atom. The minimum absolute atomic E-state index is 0.213. The SMILES string of the molecule is Fc1cccc(NCC(F)(F)C(F)F)n1. The number of alkyl halides is 4. The van der Waals surface area contributed by atoms with Crippen LogP contribution in [-0.2, 0) is 0 Å². The topological polar surface area (TPSA) is 24.9 Å². The van der Waals surface area contributed by atoms with Crippen molar-refractivity contribution in [1.29, 1.82) is 0 Å². The van der Waals surface area contributed by atoms with Crippen LogP contribution in [0.3, 0.4) is 0 Å². The minimum Gasteiger partial charge on any atom is -0.364 e. The summed E-state index contributed by atoms with van der Waals surface area (Å²) in [4.78, 5) is 3.18. The van der Waals surface area contributed by atoms with Crippen LogP contribution in [-0.4, -0.2) is 23.9 Å². The van der Waals surface area contributed by atoms with Gasteiger partial charge in [-0.25, -0.2) is 13.8 Å². The van der Waals surface area contributed by atoms with E-state index in [0.29, 0.717) is 0 Å². The Morgan fingerprint density at radius 3 is 2.53 bits per heavy atom. The molecule has 0 amide bonds. The molecule has 0 aliphatic heterocycles. The lowest BCUT2D eigenvalue weighted by atomic mass is 10.3. The van der Waals surface area contributed by atoms with Crippen molar-refractivity contribution in [2.75, 3.05) is 11.9 Å². The maximum atomic E-state index is 12.5. The van der Waals surface area contributed by atoms with E-state index in [-0.39, 0.29) is 5.82 Å². The molecule has 1 N–H and O–H groups in total. The number of anilines is 1. The highest BCUT2D eigenvalue weighted by atomic mass is 19.3. The summed E-state index contributed by atoms with van der Waals surface area (Å²) >= 11 is 0. The van der Waals surface area contributed by atoms with E-state index in [1.54, 1.807) is 0 Å². The smallest absolute Gasteiger partial charge is 0.324 e. The predicted octanol–water partition coefficient (Wildman–Crippen LogP) is 2.53. The van der Waals surface area contributed by atoms with Crippen molar-refractivity contribution in [3.63, 3.8) is 0 Å². The van der Waals surface area contributed by atoms with E-state index in [1.165, 1.54) is 12.1 Å². The molecule has 0 spiro atoms. The quantitative estimate of drug-likeness (QED) is 0.630. The minimum atomic E-state index is -4.16. The third-order valence-corrected chi connectivity index (χ3v) is 1.54. The van der Waals surface area contributed by atoms with Gasteiger partial charge in [0.05, 0.1) is 6.54 Å². The number of nitrogens with one attached hydrogen (secondary N) is 1. The molecule has 84 valence electrons. The molecule has 0 atom stereocenters. The highest BCUT2D eigenvalue weighted by Crippen LogP contribution is 2.22. The van der Waals surface area contributed by atoms with E-state index in [2.05, 4.69) is 4.98 Å². The number of hydrogen-bond donors (Lipinski definition) is 1. The van der Waals surface area contributed by atoms with Crippen molar-refractivity contribution < 1.29 is 22.0 Å². The molecule has 0 unspecified atom stereocenters. The van der Waals surface area contributed by atoms with Crippen molar-refractivity contribution in [2.24, 2.45) is 0 Å². The average Bonchev–Trinajstić information content (AvgIpc) is 2.15. The molecule has 1 heterocycles. The Bertz CT molecular complexity index is 329. The molecule has 0 saturated carbocycles. The second-order valence-electron chi connectivity index (χ2n) is 2.76. The molecule has 1 aromatic rings. The van der Waals surface area contributed by atoms with Gasteiger partial charge in [0, 0.05) is 0 Å².